The van der Waals surface area contributed by atoms with Crippen LogP contribution in [0.25, 0.3) is 0 Å². The molecule has 0 unspecified atom stereocenters. The number of aryl methyl sites for hydroxylation is 2. The number of benzene rings is 1. The summed E-state index contributed by atoms with van der Waals surface area (Å²) in [5, 5.41) is 17.9. The molecule has 1 aliphatic heterocycles. The predicted octanol–water partition coefficient (Wildman–Crippen LogP) is 2.73. The second-order valence-electron chi connectivity index (χ2n) is 6.51. The minimum Gasteiger partial charge on any atom is -0.324 e. The molecular formula is C17H21N5O3. The minimum absolute atomic E-state index is 0.0308. The summed E-state index contributed by atoms with van der Waals surface area (Å²) in [5.74, 6) is 0.404. The van der Waals surface area contributed by atoms with Crippen molar-refractivity contribution in [3.63, 3.8) is 0 Å². The van der Waals surface area contributed by atoms with Crippen LogP contribution in [0, 0.1) is 23.0 Å². The Balaban J connectivity index is 1.61. The largest absolute Gasteiger partial charge is 0.324 e. The van der Waals surface area contributed by atoms with Crippen molar-refractivity contribution >= 4 is 17.4 Å². The predicted molar refractivity (Wildman–Crippen MR) is 93.4 cm³/mol. The lowest BCUT2D eigenvalue weighted by atomic mass is 10.0. The summed E-state index contributed by atoms with van der Waals surface area (Å²) < 4.78 is 1.78. The number of aromatic nitrogens is 2. The zero-order valence-electron chi connectivity index (χ0n) is 14.3. The molecule has 1 atom stereocenters. The molecule has 0 spiro atoms. The van der Waals surface area contributed by atoms with Gasteiger partial charge in [0.1, 0.15) is 0 Å². The van der Waals surface area contributed by atoms with Gasteiger partial charge in [-0.15, -0.1) is 0 Å². The SMILES string of the molecule is Cc1ccc([N+](=O)[O-])cc1NC(=O)N1CC[C@H](Cc2cnn(C)c2)C1. The van der Waals surface area contributed by atoms with Crippen LogP contribution in [0.5, 0.6) is 0 Å². The lowest BCUT2D eigenvalue weighted by Gasteiger charge is -2.18. The molecule has 0 radical (unpaired) electrons. The van der Waals surface area contributed by atoms with Crippen LogP contribution in [0.4, 0.5) is 16.2 Å². The number of anilines is 1. The van der Waals surface area contributed by atoms with Gasteiger partial charge in [-0.05, 0) is 36.8 Å². The molecule has 1 fully saturated rings. The van der Waals surface area contributed by atoms with Gasteiger partial charge in [0.05, 0.1) is 16.8 Å². The Morgan fingerprint density at radius 3 is 2.96 bits per heavy atom. The van der Waals surface area contributed by atoms with Crippen molar-refractivity contribution in [3.8, 4) is 0 Å². The van der Waals surface area contributed by atoms with E-state index in [1.807, 2.05) is 26.4 Å². The first-order chi connectivity index (χ1) is 11.9. The number of carbonyl (C=O) groups is 1. The van der Waals surface area contributed by atoms with Gasteiger partial charge in [0.25, 0.3) is 5.69 Å². The lowest BCUT2D eigenvalue weighted by Crippen LogP contribution is -2.33. The van der Waals surface area contributed by atoms with E-state index in [0.717, 1.165) is 18.4 Å². The molecule has 0 aliphatic carbocycles. The zero-order chi connectivity index (χ0) is 18.0. The Morgan fingerprint density at radius 2 is 2.28 bits per heavy atom. The number of carbonyl (C=O) groups excluding carboxylic acids is 1. The van der Waals surface area contributed by atoms with Crippen LogP contribution < -0.4 is 5.32 Å². The summed E-state index contributed by atoms with van der Waals surface area (Å²) in [6.07, 6.45) is 5.69. The topological polar surface area (TPSA) is 93.3 Å². The highest BCUT2D eigenvalue weighted by Gasteiger charge is 2.27. The highest BCUT2D eigenvalue weighted by Crippen LogP contribution is 2.24. The molecule has 8 nitrogen and oxygen atoms in total. The number of amides is 2. The molecule has 2 aromatic rings. The fourth-order valence-electron chi connectivity index (χ4n) is 3.15. The maximum atomic E-state index is 12.5. The van der Waals surface area contributed by atoms with E-state index < -0.39 is 4.92 Å². The molecular weight excluding hydrogens is 322 g/mol. The number of hydrogen-bond donors (Lipinski definition) is 1. The molecule has 2 amide bonds. The van der Waals surface area contributed by atoms with Crippen molar-refractivity contribution in [2.24, 2.45) is 13.0 Å². The smallest absolute Gasteiger partial charge is 0.321 e. The molecule has 1 aromatic carbocycles. The molecule has 8 heteroatoms. The second-order valence-corrected chi connectivity index (χ2v) is 6.51. The molecule has 1 aliphatic rings. The van der Waals surface area contributed by atoms with E-state index in [1.165, 1.54) is 17.7 Å². The van der Waals surface area contributed by atoms with Gasteiger partial charge < -0.3 is 10.2 Å². The zero-order valence-corrected chi connectivity index (χ0v) is 14.3. The highest BCUT2D eigenvalue weighted by atomic mass is 16.6. The average Bonchev–Trinajstić information content (AvgIpc) is 3.19. The third-order valence-corrected chi connectivity index (χ3v) is 4.53. The van der Waals surface area contributed by atoms with Crippen LogP contribution in [0.1, 0.15) is 17.5 Å². The Labute approximate surface area is 145 Å². The maximum absolute atomic E-state index is 12.5. The van der Waals surface area contributed by atoms with Crippen LogP contribution in [0.3, 0.4) is 0 Å². The van der Waals surface area contributed by atoms with Crippen LogP contribution in [-0.2, 0) is 13.5 Å². The van der Waals surface area contributed by atoms with E-state index in [0.29, 0.717) is 24.7 Å². The van der Waals surface area contributed by atoms with Crippen molar-refractivity contribution in [1.29, 1.82) is 0 Å². The molecule has 132 valence electrons. The van der Waals surface area contributed by atoms with Gasteiger partial charge in [0, 0.05) is 38.5 Å². The average molecular weight is 343 g/mol. The Hall–Kier alpha value is -2.90. The van der Waals surface area contributed by atoms with Gasteiger partial charge in [-0.25, -0.2) is 4.79 Å². The first kappa shape index (κ1) is 16.9. The fraction of sp³-hybridized carbons (Fsp3) is 0.412. The maximum Gasteiger partial charge on any atom is 0.321 e. The quantitative estimate of drug-likeness (QED) is 0.682. The summed E-state index contributed by atoms with van der Waals surface area (Å²) in [6, 6.07) is 4.27. The van der Waals surface area contributed by atoms with Crippen LogP contribution in [0.2, 0.25) is 0 Å². The summed E-state index contributed by atoms with van der Waals surface area (Å²) in [5.41, 5.74) is 2.42. The van der Waals surface area contributed by atoms with Crippen molar-refractivity contribution in [2.45, 2.75) is 19.8 Å². The second kappa shape index (κ2) is 6.92. The number of nitro groups is 1. The summed E-state index contributed by atoms with van der Waals surface area (Å²) in [4.78, 5) is 24.7. The van der Waals surface area contributed by atoms with Gasteiger partial charge in [-0.3, -0.25) is 14.8 Å². The van der Waals surface area contributed by atoms with Crippen molar-refractivity contribution in [2.75, 3.05) is 18.4 Å². The molecule has 2 heterocycles. The molecule has 0 bridgehead atoms. The molecule has 25 heavy (non-hydrogen) atoms. The fourth-order valence-corrected chi connectivity index (χ4v) is 3.15. The summed E-state index contributed by atoms with van der Waals surface area (Å²) in [7, 11) is 1.89. The molecule has 1 aromatic heterocycles. The molecule has 1 saturated heterocycles. The van der Waals surface area contributed by atoms with Crippen molar-refractivity contribution < 1.29 is 9.72 Å². The minimum atomic E-state index is -0.463. The molecule has 3 rings (SSSR count). The first-order valence-electron chi connectivity index (χ1n) is 8.21. The summed E-state index contributed by atoms with van der Waals surface area (Å²) >= 11 is 0. The van der Waals surface area contributed by atoms with Crippen LogP contribution >= 0.6 is 0 Å². The number of urea groups is 1. The monoisotopic (exact) mass is 343 g/mol. The van der Waals surface area contributed by atoms with Gasteiger partial charge in [0.15, 0.2) is 0 Å². The van der Waals surface area contributed by atoms with Gasteiger partial charge in [0.2, 0.25) is 0 Å². The van der Waals surface area contributed by atoms with E-state index in [-0.39, 0.29) is 11.7 Å². The number of non-ortho nitro benzene ring substituents is 1. The third-order valence-electron chi connectivity index (χ3n) is 4.53. The molecule has 0 saturated carbocycles. The highest BCUT2D eigenvalue weighted by molar-refractivity contribution is 5.90. The Bertz CT molecular complexity index is 801. The first-order valence-corrected chi connectivity index (χ1v) is 8.21. The number of nitrogens with zero attached hydrogens (tertiary/aromatic N) is 4. The van der Waals surface area contributed by atoms with E-state index in [9.17, 15) is 14.9 Å². The standard InChI is InChI=1S/C17H21N5O3/c1-12-3-4-15(22(24)25)8-16(12)19-17(23)21-6-5-13(11-21)7-14-9-18-20(2)10-14/h3-4,8-10,13H,5-7,11H2,1-2H3,(H,19,23)/t13-/m1/s1. The van der Waals surface area contributed by atoms with E-state index >= 15 is 0 Å². The van der Waals surface area contributed by atoms with Crippen molar-refractivity contribution in [3.05, 3.63) is 51.8 Å². The van der Waals surface area contributed by atoms with Gasteiger partial charge in [-0.2, -0.15) is 5.10 Å². The van der Waals surface area contributed by atoms with E-state index in [4.69, 9.17) is 0 Å². The Morgan fingerprint density at radius 1 is 1.48 bits per heavy atom. The lowest BCUT2D eigenvalue weighted by molar-refractivity contribution is -0.384. The van der Waals surface area contributed by atoms with Crippen LogP contribution in [0.15, 0.2) is 30.6 Å². The van der Waals surface area contributed by atoms with Crippen LogP contribution in [-0.4, -0.2) is 38.7 Å². The van der Waals surface area contributed by atoms with E-state index in [1.54, 1.807) is 15.6 Å². The van der Waals surface area contributed by atoms with Crippen molar-refractivity contribution in [1.82, 2.24) is 14.7 Å². The number of nitrogens with one attached hydrogen (secondary N) is 1. The Kier molecular flexibility index (Phi) is 4.69. The third kappa shape index (κ3) is 3.96. The molecule has 1 N–H and O–H groups in total. The number of nitro benzene ring substituents is 1. The summed E-state index contributed by atoms with van der Waals surface area (Å²) in [6.45, 7) is 3.17. The van der Waals surface area contributed by atoms with Gasteiger partial charge in [-0.1, -0.05) is 6.07 Å². The normalized spacial score (nSPS) is 16.9. The van der Waals surface area contributed by atoms with E-state index in [2.05, 4.69) is 10.4 Å². The number of likely N-dealkylation sites (tertiary alicyclic amines) is 1. The number of rotatable bonds is 4. The number of hydrogen-bond acceptors (Lipinski definition) is 4. The van der Waals surface area contributed by atoms with Gasteiger partial charge >= 0.3 is 6.03 Å².